The number of H-pyrrole nitrogens is 1. The molecule has 2 fully saturated rings. The molecule has 0 amide bonds. The molecule has 41 heavy (non-hydrogen) atoms. The SMILES string of the molecule is CCN(c1cc(-c2ccc(CN3CC[C@@H](F)C3)cc2)cc(CNCc2c(C)cc(C)[nH]c2=O)c1C)C1CCOCC1. The second-order valence-corrected chi connectivity index (χ2v) is 11.8. The third-order valence-electron chi connectivity index (χ3n) is 8.79. The summed E-state index contributed by atoms with van der Waals surface area (Å²) in [6.45, 7) is 14.3. The van der Waals surface area contributed by atoms with Gasteiger partial charge in [-0.15, -0.1) is 0 Å². The highest BCUT2D eigenvalue weighted by Gasteiger charge is 2.24. The molecule has 0 radical (unpaired) electrons. The molecule has 2 aliphatic heterocycles. The third-order valence-corrected chi connectivity index (χ3v) is 8.79. The fourth-order valence-electron chi connectivity index (χ4n) is 6.44. The molecular formula is C34H45FN4O2. The van der Waals surface area contributed by atoms with Crippen molar-refractivity contribution in [2.75, 3.05) is 37.7 Å². The molecule has 220 valence electrons. The molecular weight excluding hydrogens is 515 g/mol. The van der Waals surface area contributed by atoms with Crippen LogP contribution in [0.5, 0.6) is 0 Å². The molecule has 0 saturated carbocycles. The van der Waals surface area contributed by atoms with Gasteiger partial charge in [-0.25, -0.2) is 4.39 Å². The predicted octanol–water partition coefficient (Wildman–Crippen LogP) is 5.81. The number of hydrogen-bond acceptors (Lipinski definition) is 5. The van der Waals surface area contributed by atoms with Crippen molar-refractivity contribution >= 4 is 5.69 Å². The molecule has 0 unspecified atom stereocenters. The van der Waals surface area contributed by atoms with Gasteiger partial charge in [-0.05, 0) is 98.5 Å². The van der Waals surface area contributed by atoms with Crippen molar-refractivity contribution < 1.29 is 9.13 Å². The quantitative estimate of drug-likeness (QED) is 0.328. The minimum Gasteiger partial charge on any atom is -0.381 e. The first kappa shape index (κ1) is 29.5. The average molecular weight is 561 g/mol. The second kappa shape index (κ2) is 13.3. The standard InChI is InChI=1S/C34H45FN4O2/c1-5-39(31-11-14-41-15-12-31)33-18-28(27-8-6-26(7-9-27)21-38-13-10-30(35)22-38)17-29(25(33)4)19-36-20-32-23(2)16-24(3)37-34(32)40/h6-9,16-18,30-31,36H,5,10-15,19-22H2,1-4H3,(H,37,40)/t30-/m1/s1. The predicted molar refractivity (Wildman–Crippen MR) is 165 cm³/mol. The number of nitrogens with one attached hydrogen (secondary N) is 2. The van der Waals surface area contributed by atoms with Crippen molar-refractivity contribution in [2.24, 2.45) is 0 Å². The molecule has 0 aliphatic carbocycles. The highest BCUT2D eigenvalue weighted by molar-refractivity contribution is 5.73. The van der Waals surface area contributed by atoms with Crippen LogP contribution in [-0.2, 0) is 24.4 Å². The Hall–Kier alpha value is -3.00. The van der Waals surface area contributed by atoms with E-state index in [9.17, 15) is 9.18 Å². The van der Waals surface area contributed by atoms with Gasteiger partial charge in [-0.2, -0.15) is 0 Å². The maximum Gasteiger partial charge on any atom is 0.252 e. The van der Waals surface area contributed by atoms with E-state index in [1.165, 1.54) is 33.5 Å². The third kappa shape index (κ3) is 7.08. The van der Waals surface area contributed by atoms with E-state index in [0.717, 1.165) is 62.5 Å². The van der Waals surface area contributed by atoms with E-state index >= 15 is 0 Å². The summed E-state index contributed by atoms with van der Waals surface area (Å²) < 4.78 is 19.3. The molecule has 6 nitrogen and oxygen atoms in total. The minimum absolute atomic E-state index is 0.0195. The Labute approximate surface area is 243 Å². The van der Waals surface area contributed by atoms with E-state index in [0.29, 0.717) is 32.1 Å². The molecule has 0 bridgehead atoms. The number of ether oxygens (including phenoxy) is 1. The molecule has 7 heteroatoms. The maximum absolute atomic E-state index is 13.7. The van der Waals surface area contributed by atoms with Crippen LogP contribution >= 0.6 is 0 Å². The molecule has 2 aromatic carbocycles. The summed E-state index contributed by atoms with van der Waals surface area (Å²) in [5, 5.41) is 3.56. The van der Waals surface area contributed by atoms with Gasteiger partial charge in [0, 0.05) is 75.5 Å². The monoisotopic (exact) mass is 560 g/mol. The Morgan fingerprint density at radius 1 is 1.02 bits per heavy atom. The van der Waals surface area contributed by atoms with Gasteiger partial charge >= 0.3 is 0 Å². The average Bonchev–Trinajstić information content (AvgIpc) is 3.37. The van der Waals surface area contributed by atoms with Crippen LogP contribution in [0.25, 0.3) is 11.1 Å². The molecule has 1 aromatic heterocycles. The van der Waals surface area contributed by atoms with Crippen molar-refractivity contribution in [2.45, 2.75) is 78.8 Å². The van der Waals surface area contributed by atoms with Crippen LogP contribution in [0.15, 0.2) is 47.3 Å². The van der Waals surface area contributed by atoms with Crippen LogP contribution in [0.3, 0.4) is 0 Å². The smallest absolute Gasteiger partial charge is 0.252 e. The Morgan fingerprint density at radius 2 is 1.78 bits per heavy atom. The van der Waals surface area contributed by atoms with Crippen LogP contribution in [0, 0.1) is 20.8 Å². The second-order valence-electron chi connectivity index (χ2n) is 11.8. The van der Waals surface area contributed by atoms with Crippen LogP contribution in [0.4, 0.5) is 10.1 Å². The van der Waals surface area contributed by atoms with Gasteiger partial charge in [0.05, 0.1) is 0 Å². The Bertz CT molecular complexity index is 1380. The first-order chi connectivity index (χ1) is 19.8. The summed E-state index contributed by atoms with van der Waals surface area (Å²) in [4.78, 5) is 20.3. The van der Waals surface area contributed by atoms with E-state index in [2.05, 4.69) is 70.3 Å². The lowest BCUT2D eigenvalue weighted by Crippen LogP contribution is -2.40. The number of halogens is 1. The number of nitrogens with zero attached hydrogens (tertiary/aromatic N) is 2. The fraction of sp³-hybridized carbons (Fsp3) is 0.500. The zero-order valence-electron chi connectivity index (χ0n) is 25.1. The molecule has 3 heterocycles. The Kier molecular flexibility index (Phi) is 9.58. The van der Waals surface area contributed by atoms with Crippen molar-refractivity contribution in [3.63, 3.8) is 0 Å². The lowest BCUT2D eigenvalue weighted by atomic mass is 9.95. The first-order valence-electron chi connectivity index (χ1n) is 15.2. The number of likely N-dealkylation sites (tertiary alicyclic amines) is 1. The van der Waals surface area contributed by atoms with Crippen LogP contribution < -0.4 is 15.8 Å². The van der Waals surface area contributed by atoms with Gasteiger partial charge < -0.3 is 19.9 Å². The lowest BCUT2D eigenvalue weighted by Gasteiger charge is -2.37. The Morgan fingerprint density at radius 3 is 2.44 bits per heavy atom. The summed E-state index contributed by atoms with van der Waals surface area (Å²) in [5.74, 6) is 0. The molecule has 0 spiro atoms. The zero-order chi connectivity index (χ0) is 28.9. The van der Waals surface area contributed by atoms with Crippen LogP contribution in [0.1, 0.15) is 59.7 Å². The van der Waals surface area contributed by atoms with E-state index in [1.54, 1.807) is 0 Å². The highest BCUT2D eigenvalue weighted by atomic mass is 19.1. The van der Waals surface area contributed by atoms with Gasteiger partial charge in [0.25, 0.3) is 5.56 Å². The fourth-order valence-corrected chi connectivity index (χ4v) is 6.44. The summed E-state index contributed by atoms with van der Waals surface area (Å²) >= 11 is 0. The van der Waals surface area contributed by atoms with Gasteiger partial charge in [0.15, 0.2) is 0 Å². The molecule has 2 N–H and O–H groups in total. The van der Waals surface area contributed by atoms with Crippen LogP contribution in [0.2, 0.25) is 0 Å². The zero-order valence-corrected chi connectivity index (χ0v) is 25.1. The summed E-state index contributed by atoms with van der Waals surface area (Å²) in [5.41, 5.74) is 10.0. The summed E-state index contributed by atoms with van der Waals surface area (Å²) in [7, 11) is 0. The number of rotatable bonds is 10. The highest BCUT2D eigenvalue weighted by Crippen LogP contribution is 2.34. The molecule has 3 aromatic rings. The molecule has 5 rings (SSSR count). The largest absolute Gasteiger partial charge is 0.381 e. The van der Waals surface area contributed by atoms with E-state index < -0.39 is 6.17 Å². The number of pyridine rings is 1. The lowest BCUT2D eigenvalue weighted by molar-refractivity contribution is 0.0846. The van der Waals surface area contributed by atoms with Crippen molar-refractivity contribution in [1.82, 2.24) is 15.2 Å². The summed E-state index contributed by atoms with van der Waals surface area (Å²) in [6.07, 6.45) is 2.01. The van der Waals surface area contributed by atoms with E-state index in [-0.39, 0.29) is 5.56 Å². The molecule has 2 saturated heterocycles. The number of benzene rings is 2. The van der Waals surface area contributed by atoms with Crippen molar-refractivity contribution in [3.05, 3.63) is 86.3 Å². The maximum atomic E-state index is 13.7. The van der Waals surface area contributed by atoms with Crippen molar-refractivity contribution in [3.8, 4) is 11.1 Å². The summed E-state index contributed by atoms with van der Waals surface area (Å²) in [6, 6.07) is 15.9. The van der Waals surface area contributed by atoms with Gasteiger partial charge in [-0.1, -0.05) is 24.3 Å². The van der Waals surface area contributed by atoms with E-state index in [1.807, 2.05) is 19.9 Å². The van der Waals surface area contributed by atoms with Gasteiger partial charge in [-0.3, -0.25) is 9.69 Å². The number of aromatic amines is 1. The number of alkyl halides is 1. The van der Waals surface area contributed by atoms with E-state index in [4.69, 9.17) is 4.74 Å². The minimum atomic E-state index is -0.696. The van der Waals surface area contributed by atoms with Gasteiger partial charge in [0.2, 0.25) is 0 Å². The number of anilines is 1. The van der Waals surface area contributed by atoms with Gasteiger partial charge in [0.1, 0.15) is 6.17 Å². The number of aryl methyl sites for hydroxylation is 2. The van der Waals surface area contributed by atoms with Crippen molar-refractivity contribution in [1.29, 1.82) is 0 Å². The normalized spacial score (nSPS) is 18.2. The van der Waals surface area contributed by atoms with Crippen LogP contribution in [-0.4, -0.2) is 54.9 Å². The first-order valence-corrected chi connectivity index (χ1v) is 15.2. The molecule has 2 aliphatic rings. The number of aromatic nitrogens is 1. The molecule has 1 atom stereocenters. The Balaban J connectivity index is 1.42. The number of hydrogen-bond donors (Lipinski definition) is 2. The topological polar surface area (TPSA) is 60.6 Å².